The number of carbonyl (C=O) groups is 3. The predicted octanol–water partition coefficient (Wildman–Crippen LogP) is 2.11. The Bertz CT molecular complexity index is 779. The third-order valence-corrected chi connectivity index (χ3v) is 5.06. The normalized spacial score (nSPS) is 15.1. The van der Waals surface area contributed by atoms with Gasteiger partial charge in [-0.25, -0.2) is 4.79 Å². The summed E-state index contributed by atoms with van der Waals surface area (Å²) in [6.45, 7) is 10.4. The van der Waals surface area contributed by atoms with Gasteiger partial charge in [0.05, 0.1) is 18.8 Å². The van der Waals surface area contributed by atoms with Crippen molar-refractivity contribution in [3.63, 3.8) is 0 Å². The average Bonchev–Trinajstić information content (AvgIpc) is 2.74. The lowest BCUT2D eigenvalue weighted by Gasteiger charge is -2.29. The van der Waals surface area contributed by atoms with Crippen LogP contribution in [0.3, 0.4) is 0 Å². The van der Waals surface area contributed by atoms with Crippen molar-refractivity contribution in [2.24, 2.45) is 11.8 Å². The number of hydrogen-bond acceptors (Lipinski definition) is 6. The topological polar surface area (TPSA) is 137 Å². The number of amides is 3. The Morgan fingerprint density at radius 2 is 1.59 bits per heavy atom. The van der Waals surface area contributed by atoms with Crippen molar-refractivity contribution in [1.82, 2.24) is 16.0 Å². The minimum atomic E-state index is -1.23. The molecule has 9 nitrogen and oxygen atoms in total. The quantitative estimate of drug-likeness (QED) is 0.311. The summed E-state index contributed by atoms with van der Waals surface area (Å²) in [7, 11) is 0. The zero-order valence-electron chi connectivity index (χ0n) is 21.1. The third kappa shape index (κ3) is 11.5. The zero-order chi connectivity index (χ0) is 25.9. The van der Waals surface area contributed by atoms with Crippen molar-refractivity contribution in [2.75, 3.05) is 6.61 Å². The molecule has 0 aliphatic carbocycles. The van der Waals surface area contributed by atoms with Crippen LogP contribution in [0.15, 0.2) is 30.3 Å². The number of ether oxygens (including phenoxy) is 1. The van der Waals surface area contributed by atoms with E-state index in [0.717, 1.165) is 5.56 Å². The highest BCUT2D eigenvalue weighted by Gasteiger charge is 2.30. The fraction of sp³-hybridized carbons (Fsp3) is 0.640. The average molecular weight is 480 g/mol. The summed E-state index contributed by atoms with van der Waals surface area (Å²) in [5.74, 6) is -1.18. The SMILES string of the molecule is CC(C)C[C@H](NC(=O)[C@H](CO)NC(=O)OC(C)(C)C)[C@@H](O)C[C@@H](C)C(=O)NCc1ccccc1. The van der Waals surface area contributed by atoms with Crippen LogP contribution in [0.1, 0.15) is 59.9 Å². The molecule has 3 amide bonds. The van der Waals surface area contributed by atoms with Crippen LogP contribution in [-0.2, 0) is 20.9 Å². The van der Waals surface area contributed by atoms with Crippen LogP contribution in [0.5, 0.6) is 0 Å². The van der Waals surface area contributed by atoms with Crippen molar-refractivity contribution in [3.05, 3.63) is 35.9 Å². The van der Waals surface area contributed by atoms with Crippen LogP contribution >= 0.6 is 0 Å². The van der Waals surface area contributed by atoms with E-state index in [0.29, 0.717) is 13.0 Å². The van der Waals surface area contributed by atoms with Crippen LogP contribution in [0.4, 0.5) is 4.79 Å². The summed E-state index contributed by atoms with van der Waals surface area (Å²) >= 11 is 0. The standard InChI is InChI=1S/C25H41N3O6/c1-16(2)12-19(27-23(32)20(15-29)28-24(33)34-25(4,5)6)21(30)13-17(3)22(31)26-14-18-10-8-7-9-11-18/h7-11,16-17,19-21,29-30H,12-15H2,1-6H3,(H,26,31)(H,27,32)(H,28,33)/t17-,19+,20+,21+/m1/s1. The van der Waals surface area contributed by atoms with E-state index < -0.39 is 48.3 Å². The summed E-state index contributed by atoms with van der Waals surface area (Å²) in [5.41, 5.74) is 0.217. The number of carbonyl (C=O) groups excluding carboxylic acids is 3. The van der Waals surface area contributed by atoms with Gasteiger partial charge in [0.25, 0.3) is 0 Å². The summed E-state index contributed by atoms with van der Waals surface area (Å²) in [4.78, 5) is 37.2. The molecule has 0 aliphatic heterocycles. The highest BCUT2D eigenvalue weighted by molar-refractivity contribution is 5.86. The van der Waals surface area contributed by atoms with Crippen LogP contribution in [-0.4, -0.2) is 58.5 Å². The first-order valence-electron chi connectivity index (χ1n) is 11.7. The molecular weight excluding hydrogens is 438 g/mol. The molecule has 0 saturated heterocycles. The lowest BCUT2D eigenvalue weighted by molar-refractivity contribution is -0.126. The van der Waals surface area contributed by atoms with Crippen LogP contribution in [0.2, 0.25) is 0 Å². The molecule has 0 fully saturated rings. The van der Waals surface area contributed by atoms with E-state index in [1.807, 2.05) is 44.2 Å². The molecule has 0 radical (unpaired) electrons. The fourth-order valence-electron chi connectivity index (χ4n) is 3.34. The molecule has 0 aromatic heterocycles. The Balaban J connectivity index is 2.71. The molecule has 34 heavy (non-hydrogen) atoms. The Morgan fingerprint density at radius 3 is 2.12 bits per heavy atom. The van der Waals surface area contributed by atoms with Gasteiger partial charge in [0, 0.05) is 12.5 Å². The van der Waals surface area contributed by atoms with E-state index in [9.17, 15) is 24.6 Å². The fourth-order valence-corrected chi connectivity index (χ4v) is 3.34. The van der Waals surface area contributed by atoms with Crippen molar-refractivity contribution < 1.29 is 29.3 Å². The smallest absolute Gasteiger partial charge is 0.408 e. The third-order valence-electron chi connectivity index (χ3n) is 5.06. The molecule has 1 aromatic rings. The number of rotatable bonds is 12. The van der Waals surface area contributed by atoms with E-state index in [1.54, 1.807) is 27.7 Å². The Hall–Kier alpha value is -2.65. The number of aliphatic hydroxyl groups is 2. The first kappa shape index (κ1) is 29.4. The van der Waals surface area contributed by atoms with Crippen molar-refractivity contribution in [1.29, 1.82) is 0 Å². The number of benzene rings is 1. The van der Waals surface area contributed by atoms with Gasteiger partial charge in [0.15, 0.2) is 0 Å². The molecule has 5 N–H and O–H groups in total. The van der Waals surface area contributed by atoms with E-state index in [1.165, 1.54) is 0 Å². The number of aliphatic hydroxyl groups excluding tert-OH is 2. The number of nitrogens with one attached hydrogen (secondary N) is 3. The van der Waals surface area contributed by atoms with Gasteiger partial charge < -0.3 is 30.9 Å². The summed E-state index contributed by atoms with van der Waals surface area (Å²) in [5, 5.41) is 28.4. The van der Waals surface area contributed by atoms with E-state index in [2.05, 4.69) is 16.0 Å². The Labute approximate surface area is 202 Å². The molecule has 0 bridgehead atoms. The minimum Gasteiger partial charge on any atom is -0.444 e. The largest absolute Gasteiger partial charge is 0.444 e. The lowest BCUT2D eigenvalue weighted by Crippen LogP contribution is -2.55. The van der Waals surface area contributed by atoms with Crippen molar-refractivity contribution in [3.8, 4) is 0 Å². The molecule has 9 heteroatoms. The maximum Gasteiger partial charge on any atom is 0.408 e. The van der Waals surface area contributed by atoms with E-state index >= 15 is 0 Å². The first-order chi connectivity index (χ1) is 15.8. The van der Waals surface area contributed by atoms with Crippen LogP contribution in [0.25, 0.3) is 0 Å². The van der Waals surface area contributed by atoms with E-state index in [-0.39, 0.29) is 18.2 Å². The van der Waals surface area contributed by atoms with E-state index in [4.69, 9.17) is 4.74 Å². The monoisotopic (exact) mass is 479 g/mol. The van der Waals surface area contributed by atoms with Gasteiger partial charge in [0.1, 0.15) is 11.6 Å². The molecule has 0 aliphatic rings. The molecule has 4 atom stereocenters. The summed E-state index contributed by atoms with van der Waals surface area (Å²) in [6.07, 6.45) is -1.23. The second-order valence-corrected chi connectivity index (χ2v) is 10.0. The van der Waals surface area contributed by atoms with Gasteiger partial charge in [-0.15, -0.1) is 0 Å². The molecule has 0 heterocycles. The van der Waals surface area contributed by atoms with Crippen LogP contribution < -0.4 is 16.0 Å². The van der Waals surface area contributed by atoms with Crippen molar-refractivity contribution >= 4 is 17.9 Å². The lowest BCUT2D eigenvalue weighted by atomic mass is 9.92. The predicted molar refractivity (Wildman–Crippen MR) is 130 cm³/mol. The highest BCUT2D eigenvalue weighted by atomic mass is 16.6. The second-order valence-electron chi connectivity index (χ2n) is 10.0. The molecule has 0 unspecified atom stereocenters. The second kappa shape index (κ2) is 13.9. The van der Waals surface area contributed by atoms with Gasteiger partial charge in [-0.1, -0.05) is 51.1 Å². The Kier molecular flexibility index (Phi) is 12.0. The van der Waals surface area contributed by atoms with Gasteiger partial charge in [-0.2, -0.15) is 0 Å². The molecule has 1 rings (SSSR count). The molecule has 192 valence electrons. The maximum absolute atomic E-state index is 12.7. The summed E-state index contributed by atoms with van der Waals surface area (Å²) in [6, 6.07) is 7.62. The molecule has 0 saturated carbocycles. The maximum atomic E-state index is 12.7. The van der Waals surface area contributed by atoms with Gasteiger partial charge >= 0.3 is 6.09 Å². The van der Waals surface area contributed by atoms with Gasteiger partial charge in [-0.05, 0) is 45.1 Å². The first-order valence-corrected chi connectivity index (χ1v) is 11.7. The minimum absolute atomic E-state index is 0.140. The van der Waals surface area contributed by atoms with Gasteiger partial charge in [0.2, 0.25) is 11.8 Å². The molecule has 0 spiro atoms. The molecular formula is C25H41N3O6. The van der Waals surface area contributed by atoms with Gasteiger partial charge in [-0.3, -0.25) is 9.59 Å². The molecule has 1 aromatic carbocycles. The van der Waals surface area contributed by atoms with Crippen LogP contribution in [0, 0.1) is 11.8 Å². The van der Waals surface area contributed by atoms with Crippen molar-refractivity contribution in [2.45, 2.75) is 84.7 Å². The highest BCUT2D eigenvalue weighted by Crippen LogP contribution is 2.16. The zero-order valence-corrected chi connectivity index (χ0v) is 21.1. The number of hydrogen-bond donors (Lipinski definition) is 5. The summed E-state index contributed by atoms with van der Waals surface area (Å²) < 4.78 is 5.14. The Morgan fingerprint density at radius 1 is 0.971 bits per heavy atom. The number of alkyl carbamates (subject to hydrolysis) is 1.